The number of benzene rings is 3. The highest BCUT2D eigenvalue weighted by Gasteiger charge is 2.48. The first-order valence-corrected chi connectivity index (χ1v) is 13.7. The van der Waals surface area contributed by atoms with Crippen molar-refractivity contribution in [3.05, 3.63) is 127 Å². The first kappa shape index (κ1) is 34.1. The van der Waals surface area contributed by atoms with Gasteiger partial charge in [0.25, 0.3) is 0 Å². The molecule has 0 aliphatic heterocycles. The summed E-state index contributed by atoms with van der Waals surface area (Å²) in [4.78, 5) is 34.8. The standard InChI is InChI=1S/C32H18F10N2O4/c33-21-13(22(34)26(38)29(41)25(21)37)9-43-7-5-11-1-2-12(6-8-44-10-14-23(35)27(39)30(42)28(40)24(14)36)18-17(11)31(47)19-15(45)3-4-16(46)20(19)32(18)48/h1-4,9-10,19-20,45-46H,5-8H2. The van der Waals surface area contributed by atoms with Crippen LogP contribution in [0.1, 0.15) is 43.0 Å². The zero-order valence-corrected chi connectivity index (χ0v) is 23.8. The molecule has 250 valence electrons. The van der Waals surface area contributed by atoms with Crippen LogP contribution in [0.5, 0.6) is 0 Å². The summed E-state index contributed by atoms with van der Waals surface area (Å²) in [5.41, 5.74) is -2.92. The van der Waals surface area contributed by atoms with Crippen molar-refractivity contribution in [2.75, 3.05) is 13.1 Å². The predicted octanol–water partition coefficient (Wildman–Crippen LogP) is 6.91. The van der Waals surface area contributed by atoms with E-state index in [4.69, 9.17) is 0 Å². The molecule has 5 rings (SSSR count). The number of nitrogens with zero attached hydrogens (tertiary/aromatic N) is 2. The van der Waals surface area contributed by atoms with Gasteiger partial charge in [-0.25, -0.2) is 43.9 Å². The van der Waals surface area contributed by atoms with E-state index in [1.165, 1.54) is 12.1 Å². The second-order valence-corrected chi connectivity index (χ2v) is 10.5. The SMILES string of the molecule is O=C1c2c(CCN=Cc3c(F)c(F)c(F)c(F)c3F)ccc(CCN=Cc3c(F)c(F)c(F)c(F)c3F)c2C(=O)C2C(O)=CC=C(O)C12. The van der Waals surface area contributed by atoms with Crippen LogP contribution in [-0.4, -0.2) is 47.3 Å². The van der Waals surface area contributed by atoms with E-state index < -0.39 is 117 Å². The third kappa shape index (κ3) is 5.64. The summed E-state index contributed by atoms with van der Waals surface area (Å²) in [7, 11) is 0. The molecule has 0 spiro atoms. The average molecular weight is 684 g/mol. The van der Waals surface area contributed by atoms with Crippen molar-refractivity contribution in [2.24, 2.45) is 21.8 Å². The highest BCUT2D eigenvalue weighted by Crippen LogP contribution is 2.42. The Morgan fingerprint density at radius 1 is 0.521 bits per heavy atom. The number of fused-ring (bicyclic) bond motifs is 2. The van der Waals surface area contributed by atoms with Crippen molar-refractivity contribution >= 4 is 24.0 Å². The molecule has 0 saturated carbocycles. The number of halogens is 10. The number of hydrogen-bond acceptors (Lipinski definition) is 6. The van der Waals surface area contributed by atoms with Crippen molar-refractivity contribution in [1.82, 2.24) is 0 Å². The number of Topliss-reactive ketones (excluding diaryl/α,β-unsaturated/α-hetero) is 2. The lowest BCUT2D eigenvalue weighted by Gasteiger charge is -2.33. The van der Waals surface area contributed by atoms with Gasteiger partial charge in [-0.15, -0.1) is 0 Å². The predicted molar refractivity (Wildman–Crippen MR) is 148 cm³/mol. The lowest BCUT2D eigenvalue weighted by atomic mass is 9.68. The van der Waals surface area contributed by atoms with Crippen LogP contribution >= 0.6 is 0 Å². The van der Waals surface area contributed by atoms with E-state index in [2.05, 4.69) is 9.98 Å². The quantitative estimate of drug-likeness (QED) is 0.117. The molecule has 2 aliphatic rings. The Morgan fingerprint density at radius 2 is 0.812 bits per heavy atom. The number of ketones is 2. The van der Waals surface area contributed by atoms with E-state index in [1.54, 1.807) is 0 Å². The number of carbonyl (C=O) groups excluding carboxylic acids is 2. The summed E-state index contributed by atoms with van der Waals surface area (Å²) in [6.45, 7) is -0.805. The van der Waals surface area contributed by atoms with Gasteiger partial charge in [0.15, 0.2) is 58.1 Å². The van der Waals surface area contributed by atoms with Crippen LogP contribution < -0.4 is 0 Å². The van der Waals surface area contributed by atoms with Crippen LogP contribution in [0.2, 0.25) is 0 Å². The largest absolute Gasteiger partial charge is 0.511 e. The molecule has 0 radical (unpaired) electrons. The van der Waals surface area contributed by atoms with Gasteiger partial charge in [-0.3, -0.25) is 19.6 Å². The number of aliphatic hydroxyl groups excluding tert-OH is 2. The minimum Gasteiger partial charge on any atom is -0.511 e. The van der Waals surface area contributed by atoms with E-state index in [9.17, 15) is 63.7 Å². The minimum absolute atomic E-state index is 0.104. The van der Waals surface area contributed by atoms with Crippen LogP contribution in [-0.2, 0) is 12.8 Å². The molecule has 2 unspecified atom stereocenters. The topological polar surface area (TPSA) is 99.3 Å². The van der Waals surface area contributed by atoms with Crippen LogP contribution in [0, 0.1) is 70.0 Å². The van der Waals surface area contributed by atoms with Crippen molar-refractivity contribution in [1.29, 1.82) is 0 Å². The molecule has 0 amide bonds. The maximum absolute atomic E-state index is 14.0. The molecule has 2 N–H and O–H groups in total. The Balaban J connectivity index is 1.47. The fourth-order valence-corrected chi connectivity index (χ4v) is 5.42. The molecular formula is C32H18F10N2O4. The zero-order valence-electron chi connectivity index (χ0n) is 23.8. The molecular weight excluding hydrogens is 666 g/mol. The number of allylic oxidation sites excluding steroid dienone is 4. The van der Waals surface area contributed by atoms with Crippen LogP contribution in [0.4, 0.5) is 43.9 Å². The molecule has 0 heterocycles. The fourth-order valence-electron chi connectivity index (χ4n) is 5.42. The molecule has 2 atom stereocenters. The number of aliphatic imine (C=N–C) groups is 2. The summed E-state index contributed by atoms with van der Waals surface area (Å²) in [6.07, 6.45) is 2.35. The van der Waals surface area contributed by atoms with E-state index in [1.807, 2.05) is 0 Å². The summed E-state index contributed by atoms with van der Waals surface area (Å²) >= 11 is 0. The van der Waals surface area contributed by atoms with Gasteiger partial charge >= 0.3 is 0 Å². The second-order valence-electron chi connectivity index (χ2n) is 10.5. The third-order valence-corrected chi connectivity index (χ3v) is 7.78. The average Bonchev–Trinajstić information content (AvgIpc) is 3.07. The Labute approximate surface area is 263 Å². The summed E-state index contributed by atoms with van der Waals surface area (Å²) in [5.74, 6) is -27.8. The summed E-state index contributed by atoms with van der Waals surface area (Å²) in [6, 6.07) is 2.67. The van der Waals surface area contributed by atoms with E-state index in [0.29, 0.717) is 12.4 Å². The normalized spacial score (nSPS) is 17.6. The van der Waals surface area contributed by atoms with Crippen molar-refractivity contribution in [3.8, 4) is 0 Å². The smallest absolute Gasteiger partial charge is 0.200 e. The van der Waals surface area contributed by atoms with Gasteiger partial charge in [0.05, 0.1) is 23.0 Å². The lowest BCUT2D eigenvalue weighted by molar-refractivity contribution is 0.0706. The Hall–Kier alpha value is -5.28. The maximum Gasteiger partial charge on any atom is 0.200 e. The molecule has 6 nitrogen and oxygen atoms in total. The van der Waals surface area contributed by atoms with Crippen molar-refractivity contribution < 1.29 is 63.7 Å². The van der Waals surface area contributed by atoms with Gasteiger partial charge in [0.2, 0.25) is 11.6 Å². The van der Waals surface area contributed by atoms with Gasteiger partial charge in [-0.2, -0.15) is 0 Å². The monoisotopic (exact) mass is 684 g/mol. The summed E-state index contributed by atoms with van der Waals surface area (Å²) < 4.78 is 137. The molecule has 16 heteroatoms. The molecule has 0 bridgehead atoms. The summed E-state index contributed by atoms with van der Waals surface area (Å²) in [5, 5.41) is 20.9. The fraction of sp³-hybridized carbons (Fsp3) is 0.188. The number of aliphatic hydroxyl groups is 2. The molecule has 0 aromatic heterocycles. The molecule has 48 heavy (non-hydrogen) atoms. The first-order valence-electron chi connectivity index (χ1n) is 13.7. The number of hydrogen-bond donors (Lipinski definition) is 2. The van der Waals surface area contributed by atoms with Crippen LogP contribution in [0.25, 0.3) is 0 Å². The van der Waals surface area contributed by atoms with E-state index in [0.717, 1.165) is 12.2 Å². The second kappa shape index (κ2) is 13.1. The third-order valence-electron chi connectivity index (χ3n) is 7.78. The number of carbonyl (C=O) groups is 2. The van der Waals surface area contributed by atoms with Gasteiger partial charge < -0.3 is 10.2 Å². The highest BCUT2D eigenvalue weighted by molar-refractivity contribution is 6.19. The molecule has 0 saturated heterocycles. The Morgan fingerprint density at radius 3 is 1.12 bits per heavy atom. The van der Waals surface area contributed by atoms with E-state index >= 15 is 0 Å². The van der Waals surface area contributed by atoms with Crippen LogP contribution in [0.3, 0.4) is 0 Å². The van der Waals surface area contributed by atoms with Crippen molar-refractivity contribution in [2.45, 2.75) is 12.8 Å². The number of rotatable bonds is 8. The molecule has 2 aliphatic carbocycles. The molecule has 0 fully saturated rings. The zero-order chi connectivity index (χ0) is 35.2. The van der Waals surface area contributed by atoms with Crippen molar-refractivity contribution in [3.63, 3.8) is 0 Å². The van der Waals surface area contributed by atoms with Gasteiger partial charge in [-0.1, -0.05) is 12.1 Å². The maximum atomic E-state index is 14.0. The van der Waals surface area contributed by atoms with Crippen LogP contribution in [0.15, 0.2) is 45.8 Å². The van der Waals surface area contributed by atoms with E-state index in [-0.39, 0.29) is 35.1 Å². The minimum atomic E-state index is -2.36. The molecule has 3 aromatic carbocycles. The highest BCUT2D eigenvalue weighted by atomic mass is 19.2. The molecule has 3 aromatic rings. The first-order chi connectivity index (χ1) is 22.7. The van der Waals surface area contributed by atoms with Gasteiger partial charge in [0, 0.05) is 36.6 Å². The Kier molecular flexibility index (Phi) is 9.28. The Bertz CT molecular complexity index is 1820. The van der Waals surface area contributed by atoms with Gasteiger partial charge in [0.1, 0.15) is 11.5 Å². The lowest BCUT2D eigenvalue weighted by Crippen LogP contribution is -2.41. The van der Waals surface area contributed by atoms with Gasteiger partial charge in [-0.05, 0) is 36.1 Å².